The van der Waals surface area contributed by atoms with Crippen molar-refractivity contribution in [1.29, 1.82) is 0 Å². The molecule has 1 aromatic heterocycles. The lowest BCUT2D eigenvalue weighted by Gasteiger charge is -2.13. The number of hydrogen-bond donors (Lipinski definition) is 1. The maximum atomic E-state index is 5.68. The summed E-state index contributed by atoms with van der Waals surface area (Å²) in [6.07, 6.45) is 6.97. The number of nitrogens with one attached hydrogen (secondary N) is 1. The van der Waals surface area contributed by atoms with Crippen molar-refractivity contribution in [2.75, 3.05) is 18.5 Å². The number of aryl methyl sites for hydroxylation is 1. The maximum absolute atomic E-state index is 5.68. The Hall–Kier alpha value is -1.16. The van der Waals surface area contributed by atoms with E-state index < -0.39 is 0 Å². The summed E-state index contributed by atoms with van der Waals surface area (Å²) in [5, 5.41) is 3.38. The van der Waals surface area contributed by atoms with Crippen LogP contribution in [0.4, 0.5) is 5.82 Å². The largest absolute Gasteiger partial charge is 0.378 e. The summed E-state index contributed by atoms with van der Waals surface area (Å²) in [5.41, 5.74) is 2.60. The van der Waals surface area contributed by atoms with Gasteiger partial charge < -0.3 is 10.1 Å². The number of aromatic nitrogens is 2. The molecule has 0 aromatic carbocycles. The number of rotatable bonds is 4. The Bertz CT molecular complexity index is 427. The molecule has 98 valence electrons. The summed E-state index contributed by atoms with van der Waals surface area (Å²) in [4.78, 5) is 9.42. The highest BCUT2D eigenvalue weighted by Gasteiger charge is 2.22. The topological polar surface area (TPSA) is 47.0 Å². The number of anilines is 1. The van der Waals surface area contributed by atoms with Crippen LogP contribution in [0.25, 0.3) is 0 Å². The van der Waals surface area contributed by atoms with E-state index in [1.165, 1.54) is 24.1 Å². The molecule has 1 aliphatic heterocycles. The van der Waals surface area contributed by atoms with E-state index in [1.807, 2.05) is 0 Å². The third-order valence-corrected chi connectivity index (χ3v) is 3.76. The van der Waals surface area contributed by atoms with Crippen LogP contribution >= 0.6 is 0 Å². The predicted octanol–water partition coefficient (Wildman–Crippen LogP) is 2.12. The highest BCUT2D eigenvalue weighted by atomic mass is 16.5. The van der Waals surface area contributed by atoms with Crippen LogP contribution in [0, 0.1) is 0 Å². The standard InChI is InChI=1S/C14H21N3O/c1-2-15-14-11-6-3-7-12(11)16-13(17-14)9-10-5-4-8-18-10/h10H,2-9H2,1H3,(H,15,16,17). The third-order valence-electron chi connectivity index (χ3n) is 3.76. The summed E-state index contributed by atoms with van der Waals surface area (Å²) in [7, 11) is 0. The predicted molar refractivity (Wildman–Crippen MR) is 70.9 cm³/mol. The molecule has 0 saturated carbocycles. The van der Waals surface area contributed by atoms with Crippen molar-refractivity contribution in [3.05, 3.63) is 17.1 Å². The quantitative estimate of drug-likeness (QED) is 0.885. The summed E-state index contributed by atoms with van der Waals surface area (Å²) in [5.74, 6) is 2.02. The minimum atomic E-state index is 0.332. The van der Waals surface area contributed by atoms with Gasteiger partial charge in [0.1, 0.15) is 11.6 Å². The van der Waals surface area contributed by atoms with Gasteiger partial charge in [-0.15, -0.1) is 0 Å². The van der Waals surface area contributed by atoms with E-state index in [2.05, 4.69) is 12.2 Å². The average molecular weight is 247 g/mol. The Balaban J connectivity index is 1.83. The number of hydrogen-bond acceptors (Lipinski definition) is 4. The minimum absolute atomic E-state index is 0.332. The molecule has 4 heteroatoms. The normalized spacial score (nSPS) is 22.2. The molecule has 1 fully saturated rings. The first-order valence-corrected chi connectivity index (χ1v) is 7.11. The zero-order chi connectivity index (χ0) is 12.4. The molecule has 1 atom stereocenters. The van der Waals surface area contributed by atoms with Crippen molar-refractivity contribution < 1.29 is 4.74 Å². The molecule has 2 aliphatic rings. The van der Waals surface area contributed by atoms with Gasteiger partial charge in [-0.3, -0.25) is 0 Å². The smallest absolute Gasteiger partial charge is 0.133 e. The van der Waals surface area contributed by atoms with Crippen molar-refractivity contribution in [2.24, 2.45) is 0 Å². The fraction of sp³-hybridized carbons (Fsp3) is 0.714. The van der Waals surface area contributed by atoms with Gasteiger partial charge in [0.05, 0.1) is 6.10 Å². The summed E-state index contributed by atoms with van der Waals surface area (Å²) in [6.45, 7) is 3.93. The lowest BCUT2D eigenvalue weighted by Crippen LogP contribution is -2.14. The monoisotopic (exact) mass is 247 g/mol. The van der Waals surface area contributed by atoms with Crippen LogP contribution < -0.4 is 5.32 Å². The Morgan fingerprint density at radius 3 is 3.00 bits per heavy atom. The highest BCUT2D eigenvalue weighted by molar-refractivity contribution is 5.48. The Kier molecular flexibility index (Phi) is 3.46. The first-order chi connectivity index (χ1) is 8.86. The van der Waals surface area contributed by atoms with E-state index in [0.29, 0.717) is 6.10 Å². The molecule has 1 aromatic rings. The molecule has 2 heterocycles. The molecule has 3 rings (SSSR count). The highest BCUT2D eigenvalue weighted by Crippen LogP contribution is 2.27. The molecule has 4 nitrogen and oxygen atoms in total. The Morgan fingerprint density at radius 2 is 2.22 bits per heavy atom. The van der Waals surface area contributed by atoms with Crippen LogP contribution in [0.2, 0.25) is 0 Å². The van der Waals surface area contributed by atoms with E-state index in [0.717, 1.165) is 50.5 Å². The summed E-state index contributed by atoms with van der Waals surface area (Å²) >= 11 is 0. The molecule has 1 saturated heterocycles. The average Bonchev–Trinajstić information content (AvgIpc) is 3.00. The zero-order valence-corrected chi connectivity index (χ0v) is 11.0. The van der Waals surface area contributed by atoms with Gasteiger partial charge in [-0.1, -0.05) is 0 Å². The second-order valence-corrected chi connectivity index (χ2v) is 5.14. The van der Waals surface area contributed by atoms with Crippen LogP contribution in [0.15, 0.2) is 0 Å². The van der Waals surface area contributed by atoms with Crippen molar-refractivity contribution in [1.82, 2.24) is 9.97 Å². The van der Waals surface area contributed by atoms with E-state index in [9.17, 15) is 0 Å². The minimum Gasteiger partial charge on any atom is -0.378 e. The second kappa shape index (κ2) is 5.22. The molecule has 0 spiro atoms. The van der Waals surface area contributed by atoms with E-state index >= 15 is 0 Å². The van der Waals surface area contributed by atoms with Crippen molar-refractivity contribution in [3.63, 3.8) is 0 Å². The number of nitrogens with zero attached hydrogens (tertiary/aromatic N) is 2. The fourth-order valence-electron chi connectivity index (χ4n) is 2.90. The third kappa shape index (κ3) is 2.34. The molecule has 0 bridgehead atoms. The lowest BCUT2D eigenvalue weighted by atomic mass is 10.1. The summed E-state index contributed by atoms with van der Waals surface area (Å²) in [6, 6.07) is 0. The van der Waals surface area contributed by atoms with Crippen LogP contribution in [0.5, 0.6) is 0 Å². The van der Waals surface area contributed by atoms with Gasteiger partial charge >= 0.3 is 0 Å². The van der Waals surface area contributed by atoms with Crippen LogP contribution in [0.3, 0.4) is 0 Å². The Labute approximate surface area is 108 Å². The van der Waals surface area contributed by atoms with Crippen molar-refractivity contribution in [3.8, 4) is 0 Å². The summed E-state index contributed by atoms with van der Waals surface area (Å²) < 4.78 is 5.68. The SMILES string of the molecule is CCNc1nc(CC2CCCO2)nc2c1CCC2. The van der Waals surface area contributed by atoms with Gasteiger partial charge in [0.25, 0.3) is 0 Å². The van der Waals surface area contributed by atoms with Gasteiger partial charge in [0.15, 0.2) is 0 Å². The van der Waals surface area contributed by atoms with Gasteiger partial charge in [0, 0.05) is 30.8 Å². The first kappa shape index (κ1) is 11.9. The zero-order valence-electron chi connectivity index (χ0n) is 11.0. The lowest BCUT2D eigenvalue weighted by molar-refractivity contribution is 0.110. The number of ether oxygens (including phenoxy) is 1. The molecule has 0 radical (unpaired) electrons. The first-order valence-electron chi connectivity index (χ1n) is 7.11. The van der Waals surface area contributed by atoms with E-state index in [1.54, 1.807) is 0 Å². The maximum Gasteiger partial charge on any atom is 0.133 e. The molecular weight excluding hydrogens is 226 g/mol. The van der Waals surface area contributed by atoms with Crippen molar-refractivity contribution >= 4 is 5.82 Å². The fourth-order valence-corrected chi connectivity index (χ4v) is 2.90. The molecule has 1 aliphatic carbocycles. The van der Waals surface area contributed by atoms with Gasteiger partial charge in [-0.2, -0.15) is 0 Å². The van der Waals surface area contributed by atoms with E-state index in [-0.39, 0.29) is 0 Å². The van der Waals surface area contributed by atoms with Gasteiger partial charge in [-0.05, 0) is 39.0 Å². The molecular formula is C14H21N3O. The molecule has 1 unspecified atom stereocenters. The van der Waals surface area contributed by atoms with E-state index in [4.69, 9.17) is 14.7 Å². The van der Waals surface area contributed by atoms with Crippen molar-refractivity contribution in [2.45, 2.75) is 51.6 Å². The molecule has 1 N–H and O–H groups in total. The van der Waals surface area contributed by atoms with Gasteiger partial charge in [0.2, 0.25) is 0 Å². The molecule has 0 amide bonds. The van der Waals surface area contributed by atoms with Crippen LogP contribution in [0.1, 0.15) is 43.3 Å². The molecule has 18 heavy (non-hydrogen) atoms. The second-order valence-electron chi connectivity index (χ2n) is 5.14. The van der Waals surface area contributed by atoms with Crippen LogP contribution in [-0.2, 0) is 24.0 Å². The Morgan fingerprint density at radius 1 is 1.28 bits per heavy atom. The van der Waals surface area contributed by atoms with Crippen LogP contribution in [-0.4, -0.2) is 29.2 Å². The van der Waals surface area contributed by atoms with Gasteiger partial charge in [-0.25, -0.2) is 9.97 Å². The number of fused-ring (bicyclic) bond motifs is 1.